The highest BCUT2D eigenvalue weighted by molar-refractivity contribution is 5.71. The van der Waals surface area contributed by atoms with Gasteiger partial charge in [0.1, 0.15) is 17.5 Å². The van der Waals surface area contributed by atoms with Gasteiger partial charge in [-0.2, -0.15) is 18.3 Å². The Labute approximate surface area is 161 Å². The van der Waals surface area contributed by atoms with E-state index in [9.17, 15) is 23.1 Å². The van der Waals surface area contributed by atoms with Crippen molar-refractivity contribution in [3.8, 4) is 5.75 Å². The molecule has 1 aromatic carbocycles. The number of carbonyl (C=O) groups is 1. The maximum absolute atomic E-state index is 13.8. The number of aliphatic carboxylic acids is 1. The van der Waals surface area contributed by atoms with Crippen molar-refractivity contribution < 1.29 is 27.8 Å². The molecule has 1 N–H and O–H groups in total. The van der Waals surface area contributed by atoms with Crippen molar-refractivity contribution >= 4 is 5.97 Å². The van der Waals surface area contributed by atoms with Gasteiger partial charge in [0, 0.05) is 12.0 Å². The number of hydrogen-bond donors (Lipinski definition) is 1. The van der Waals surface area contributed by atoms with Crippen molar-refractivity contribution in [3.05, 3.63) is 45.3 Å². The second-order valence-corrected chi connectivity index (χ2v) is 7.24. The molecular formula is C20H23F3N2O3. The summed E-state index contributed by atoms with van der Waals surface area (Å²) in [7, 11) is 1.60. The number of fused-ring (bicyclic) bond motifs is 1. The Morgan fingerprint density at radius 1 is 1.32 bits per heavy atom. The minimum absolute atomic E-state index is 0.0271. The number of hydrogen-bond acceptors (Lipinski definition) is 3. The molecule has 0 saturated heterocycles. The number of methoxy groups -OCH3 is 1. The molecule has 1 atom stereocenters. The number of benzene rings is 1. The maximum atomic E-state index is 13.8. The molecule has 1 aliphatic rings. The van der Waals surface area contributed by atoms with Crippen LogP contribution in [0.5, 0.6) is 5.75 Å². The molecule has 5 nitrogen and oxygen atoms in total. The number of carboxylic acids is 1. The largest absolute Gasteiger partial charge is 0.496 e. The van der Waals surface area contributed by atoms with E-state index in [4.69, 9.17) is 4.74 Å². The van der Waals surface area contributed by atoms with E-state index < -0.39 is 23.9 Å². The lowest BCUT2D eigenvalue weighted by atomic mass is 9.93. The molecule has 1 unspecified atom stereocenters. The number of carboxylic acid groups (broad SMARTS) is 1. The van der Waals surface area contributed by atoms with Crippen molar-refractivity contribution in [3.63, 3.8) is 0 Å². The van der Waals surface area contributed by atoms with Crippen molar-refractivity contribution in [2.45, 2.75) is 58.7 Å². The van der Waals surface area contributed by atoms with Crippen LogP contribution in [0.3, 0.4) is 0 Å². The predicted molar refractivity (Wildman–Crippen MR) is 96.9 cm³/mol. The predicted octanol–water partition coefficient (Wildman–Crippen LogP) is 4.25. The summed E-state index contributed by atoms with van der Waals surface area (Å²) in [6.07, 6.45) is -2.08. The molecule has 0 amide bonds. The fourth-order valence-electron chi connectivity index (χ4n) is 4.11. The van der Waals surface area contributed by atoms with Crippen molar-refractivity contribution in [1.29, 1.82) is 0 Å². The van der Waals surface area contributed by atoms with Gasteiger partial charge in [0.15, 0.2) is 0 Å². The number of nitrogens with zero attached hydrogens (tertiary/aromatic N) is 2. The Bertz CT molecular complexity index is 932. The van der Waals surface area contributed by atoms with Crippen LogP contribution in [0.1, 0.15) is 58.6 Å². The van der Waals surface area contributed by atoms with Gasteiger partial charge in [0.05, 0.1) is 12.8 Å². The minimum Gasteiger partial charge on any atom is -0.496 e. The normalized spacial score (nSPS) is 14.8. The molecule has 0 radical (unpaired) electrons. The van der Waals surface area contributed by atoms with Crippen molar-refractivity contribution in [2.75, 3.05) is 7.11 Å². The topological polar surface area (TPSA) is 64.4 Å². The number of aromatic nitrogens is 2. The van der Waals surface area contributed by atoms with Gasteiger partial charge < -0.3 is 9.84 Å². The van der Waals surface area contributed by atoms with E-state index in [2.05, 4.69) is 5.10 Å². The lowest BCUT2D eigenvalue weighted by Gasteiger charge is -2.18. The number of aryl methyl sites for hydroxylation is 2. The van der Waals surface area contributed by atoms with E-state index in [1.54, 1.807) is 7.11 Å². The Morgan fingerprint density at radius 2 is 1.96 bits per heavy atom. The summed E-state index contributed by atoms with van der Waals surface area (Å²) in [5.41, 5.74) is 3.04. The summed E-state index contributed by atoms with van der Waals surface area (Å²) in [5, 5.41) is 13.1. The fourth-order valence-corrected chi connectivity index (χ4v) is 4.11. The average Bonchev–Trinajstić information content (AvgIpc) is 3.19. The molecule has 0 spiro atoms. The number of halogens is 3. The number of alkyl halides is 3. The summed E-state index contributed by atoms with van der Waals surface area (Å²) in [6.45, 7) is 4.57. The van der Waals surface area contributed by atoms with Crippen LogP contribution in [0.15, 0.2) is 6.07 Å². The summed E-state index contributed by atoms with van der Waals surface area (Å²) in [6, 6.07) is 0.466. The van der Waals surface area contributed by atoms with Crippen LogP contribution < -0.4 is 4.74 Å². The molecule has 152 valence electrons. The van der Waals surface area contributed by atoms with Crippen LogP contribution in [0.25, 0.3) is 0 Å². The second kappa shape index (κ2) is 7.14. The average molecular weight is 396 g/mol. The first-order valence-corrected chi connectivity index (χ1v) is 9.12. The van der Waals surface area contributed by atoms with Crippen LogP contribution >= 0.6 is 0 Å². The second-order valence-electron chi connectivity index (χ2n) is 7.24. The zero-order valence-corrected chi connectivity index (χ0v) is 16.3. The van der Waals surface area contributed by atoms with Gasteiger partial charge in [-0.1, -0.05) is 6.07 Å². The van der Waals surface area contributed by atoms with Gasteiger partial charge in [0.25, 0.3) is 0 Å². The zero-order valence-electron chi connectivity index (χ0n) is 16.3. The van der Waals surface area contributed by atoms with E-state index in [1.165, 1.54) is 13.8 Å². The molecule has 0 fully saturated rings. The van der Waals surface area contributed by atoms with Crippen LogP contribution in [-0.4, -0.2) is 28.0 Å². The first-order valence-electron chi connectivity index (χ1n) is 9.12. The van der Waals surface area contributed by atoms with Crippen molar-refractivity contribution in [1.82, 2.24) is 9.78 Å². The van der Waals surface area contributed by atoms with Crippen LogP contribution in [0, 0.1) is 13.8 Å². The Hall–Kier alpha value is -2.51. The third-order valence-corrected chi connectivity index (χ3v) is 5.40. The van der Waals surface area contributed by atoms with Gasteiger partial charge in [-0.15, -0.1) is 0 Å². The van der Waals surface area contributed by atoms with E-state index in [1.807, 2.05) is 13.0 Å². The molecule has 2 aromatic rings. The summed E-state index contributed by atoms with van der Waals surface area (Å²) in [5.74, 6) is -0.556. The number of rotatable bonds is 5. The number of ether oxygens (including phenoxy) is 1. The molecule has 3 rings (SSSR count). The lowest BCUT2D eigenvalue weighted by Crippen LogP contribution is -2.24. The Morgan fingerprint density at radius 3 is 2.54 bits per heavy atom. The molecule has 0 bridgehead atoms. The quantitative estimate of drug-likeness (QED) is 0.821. The molecule has 0 aliphatic heterocycles. The summed E-state index contributed by atoms with van der Waals surface area (Å²) >= 11 is 0. The van der Waals surface area contributed by atoms with Gasteiger partial charge in [-0.25, -0.2) is 9.48 Å². The van der Waals surface area contributed by atoms with E-state index in [0.29, 0.717) is 4.68 Å². The highest BCUT2D eigenvalue weighted by Crippen LogP contribution is 2.40. The third-order valence-electron chi connectivity index (χ3n) is 5.40. The monoisotopic (exact) mass is 396 g/mol. The standard InChI is InChI=1S/C20H23F3N2O3/c1-10-8-13(14-6-5-7-15(14)17(10)28-4)9-16-11(2)24-25(12(3)19(26)27)18(16)20(21,22)23/h8,12H,5-7,9H2,1-4H3,(H,26,27). The first kappa shape index (κ1) is 20.2. The van der Waals surface area contributed by atoms with Gasteiger partial charge in [-0.05, 0) is 62.3 Å². The van der Waals surface area contributed by atoms with Gasteiger partial charge >= 0.3 is 12.1 Å². The van der Waals surface area contributed by atoms with Gasteiger partial charge in [0.2, 0.25) is 0 Å². The molecule has 8 heteroatoms. The van der Waals surface area contributed by atoms with Crippen LogP contribution in [-0.2, 0) is 30.2 Å². The third kappa shape index (κ3) is 3.36. The smallest absolute Gasteiger partial charge is 0.433 e. The molecule has 1 heterocycles. The SMILES string of the molecule is COc1c(C)cc(Cc2c(C)nn(C(C)C(=O)O)c2C(F)(F)F)c2c1CCC2. The molecule has 1 aliphatic carbocycles. The highest BCUT2D eigenvalue weighted by atomic mass is 19.4. The Balaban J connectivity index is 2.15. The first-order chi connectivity index (χ1) is 13.1. The fraction of sp³-hybridized carbons (Fsp3) is 0.500. The van der Waals surface area contributed by atoms with Crippen LogP contribution in [0.4, 0.5) is 13.2 Å². The van der Waals surface area contributed by atoms with E-state index in [-0.39, 0.29) is 17.7 Å². The minimum atomic E-state index is -4.70. The molecule has 1 aromatic heterocycles. The summed E-state index contributed by atoms with van der Waals surface area (Å²) in [4.78, 5) is 11.3. The maximum Gasteiger partial charge on any atom is 0.433 e. The van der Waals surface area contributed by atoms with Gasteiger partial charge in [-0.3, -0.25) is 0 Å². The highest BCUT2D eigenvalue weighted by Gasteiger charge is 2.41. The molecule has 28 heavy (non-hydrogen) atoms. The van der Waals surface area contributed by atoms with Crippen LogP contribution in [0.2, 0.25) is 0 Å². The molecule has 0 saturated carbocycles. The Kier molecular flexibility index (Phi) is 5.16. The van der Waals surface area contributed by atoms with Crippen molar-refractivity contribution in [2.24, 2.45) is 0 Å². The van der Waals surface area contributed by atoms with E-state index >= 15 is 0 Å². The zero-order chi connectivity index (χ0) is 20.8. The van der Waals surface area contributed by atoms with E-state index in [0.717, 1.165) is 47.3 Å². The summed E-state index contributed by atoms with van der Waals surface area (Å²) < 4.78 is 47.6. The lowest BCUT2D eigenvalue weighted by molar-refractivity contribution is -0.149. The molecular weight excluding hydrogens is 373 g/mol.